The van der Waals surface area contributed by atoms with Crippen LogP contribution in [-0.2, 0) is 9.53 Å². The van der Waals surface area contributed by atoms with E-state index < -0.39 is 17.0 Å². The number of nitrogens with one attached hydrogen (secondary N) is 1. The molecular weight excluding hydrogens is 720 g/mol. The van der Waals surface area contributed by atoms with Crippen LogP contribution in [0.25, 0.3) is 16.6 Å². The number of amides is 2. The van der Waals surface area contributed by atoms with Gasteiger partial charge in [-0.05, 0) is 87.6 Å². The van der Waals surface area contributed by atoms with Gasteiger partial charge < -0.3 is 34.3 Å². The maximum absolute atomic E-state index is 14.2. The second-order valence-corrected chi connectivity index (χ2v) is 16.5. The van der Waals surface area contributed by atoms with Gasteiger partial charge in [0.05, 0.1) is 11.6 Å². The van der Waals surface area contributed by atoms with Gasteiger partial charge >= 0.3 is 12.1 Å². The van der Waals surface area contributed by atoms with Crippen LogP contribution in [0.5, 0.6) is 11.5 Å². The number of rotatable bonds is 8. The molecule has 55 heavy (non-hydrogen) atoms. The van der Waals surface area contributed by atoms with Crippen molar-refractivity contribution in [3.8, 4) is 11.5 Å². The number of carbonyl (C=O) groups excluding carboxylic acids is 2. The molecule has 0 bridgehead atoms. The SMILES string of the molecule is CC(C)(C)OC(=O)N1CCN(C(=O)[C@]2(C)CCC(c3ccc(Cl)cc3)=C(CN3CCN(c4ccc(C(=O)O)c(Oc5cnc6[nH]ccc6c5)c4)CC3)C2)CC1. The molecule has 0 unspecified atom stereocenters. The van der Waals surface area contributed by atoms with Gasteiger partial charge in [-0.15, -0.1) is 0 Å². The van der Waals surface area contributed by atoms with Gasteiger partial charge in [-0.1, -0.05) is 36.2 Å². The lowest BCUT2D eigenvalue weighted by Crippen LogP contribution is -2.55. The van der Waals surface area contributed by atoms with Gasteiger partial charge in [0.2, 0.25) is 5.91 Å². The van der Waals surface area contributed by atoms with Gasteiger partial charge in [0, 0.05) is 87.3 Å². The van der Waals surface area contributed by atoms with Crippen LogP contribution >= 0.6 is 11.6 Å². The van der Waals surface area contributed by atoms with Crippen molar-refractivity contribution in [3.05, 3.63) is 88.7 Å². The molecule has 2 N–H and O–H groups in total. The number of carbonyl (C=O) groups is 3. The number of ether oxygens (including phenoxy) is 2. The van der Waals surface area contributed by atoms with Gasteiger partial charge in [-0.25, -0.2) is 14.6 Å². The lowest BCUT2D eigenvalue weighted by atomic mass is 9.70. The molecule has 7 rings (SSSR count). The summed E-state index contributed by atoms with van der Waals surface area (Å²) in [5, 5.41) is 11.5. The number of anilines is 1. The molecule has 4 aromatic rings. The number of allylic oxidation sites excluding steroid dienone is 1. The zero-order valence-corrected chi connectivity index (χ0v) is 32.7. The van der Waals surface area contributed by atoms with Crippen molar-refractivity contribution < 1.29 is 29.0 Å². The molecule has 0 radical (unpaired) electrons. The van der Waals surface area contributed by atoms with Crippen molar-refractivity contribution in [3.63, 3.8) is 0 Å². The fourth-order valence-corrected chi connectivity index (χ4v) is 8.01. The Hall–Kier alpha value is -5.07. The van der Waals surface area contributed by atoms with Gasteiger partial charge in [0.1, 0.15) is 28.3 Å². The zero-order valence-electron chi connectivity index (χ0n) is 31.9. The maximum atomic E-state index is 14.2. The first-order chi connectivity index (χ1) is 26.2. The average molecular weight is 769 g/mol. The number of hydrogen-bond acceptors (Lipinski definition) is 8. The first-order valence-corrected chi connectivity index (χ1v) is 19.3. The largest absolute Gasteiger partial charge is 0.478 e. The van der Waals surface area contributed by atoms with Crippen LogP contribution in [0.4, 0.5) is 10.5 Å². The summed E-state index contributed by atoms with van der Waals surface area (Å²) in [5.74, 6) is -0.199. The van der Waals surface area contributed by atoms with Crippen LogP contribution in [0.1, 0.15) is 62.9 Å². The highest BCUT2D eigenvalue weighted by Gasteiger charge is 2.42. The van der Waals surface area contributed by atoms with Crippen LogP contribution in [0.3, 0.4) is 0 Å². The van der Waals surface area contributed by atoms with Gasteiger partial charge in [0.25, 0.3) is 0 Å². The Balaban J connectivity index is 1.04. The van der Waals surface area contributed by atoms with E-state index in [9.17, 15) is 19.5 Å². The Morgan fingerprint density at radius 1 is 0.927 bits per heavy atom. The molecule has 2 aromatic heterocycles. The second-order valence-electron chi connectivity index (χ2n) is 16.0. The Labute approximate surface area is 326 Å². The normalized spacial score (nSPS) is 19.8. The van der Waals surface area contributed by atoms with Crippen molar-refractivity contribution in [1.29, 1.82) is 0 Å². The standard InChI is InChI=1S/C42H49ClN6O6/c1-41(2,3)55-40(53)49-21-19-48(20-22-49)39(52)42(4)13-11-34(28-5-7-31(43)8-6-28)30(25-42)27-46-15-17-47(18-16-46)32-9-10-35(38(50)51)36(24-32)54-33-23-29-12-14-44-37(29)45-26-33/h5-10,12,14,23-24,26H,11,13,15-22,25,27H2,1-4H3,(H,44,45)(H,50,51)/t42-/m1/s1. The molecular formula is C42H49ClN6O6. The molecule has 2 fully saturated rings. The lowest BCUT2D eigenvalue weighted by molar-refractivity contribution is -0.143. The molecule has 1 atom stereocenters. The van der Waals surface area contributed by atoms with Crippen molar-refractivity contribution in [2.75, 3.05) is 63.8 Å². The molecule has 2 saturated heterocycles. The summed E-state index contributed by atoms with van der Waals surface area (Å²) in [4.78, 5) is 54.8. The number of piperazine rings is 2. The number of nitrogens with zero attached hydrogens (tertiary/aromatic N) is 5. The molecule has 3 aliphatic rings. The van der Waals surface area contributed by atoms with Crippen molar-refractivity contribution in [1.82, 2.24) is 24.7 Å². The van der Waals surface area contributed by atoms with E-state index in [0.717, 1.165) is 67.8 Å². The summed E-state index contributed by atoms with van der Waals surface area (Å²) in [6.07, 6.45) is 5.21. The van der Waals surface area contributed by atoms with Crippen LogP contribution in [0, 0.1) is 5.41 Å². The minimum absolute atomic E-state index is 0.0815. The molecule has 0 saturated carbocycles. The highest BCUT2D eigenvalue weighted by atomic mass is 35.5. The highest BCUT2D eigenvalue weighted by Crippen LogP contribution is 2.45. The molecule has 2 aromatic carbocycles. The number of aromatic amines is 1. The number of aromatic carboxylic acids is 1. The number of halogens is 1. The summed E-state index contributed by atoms with van der Waals surface area (Å²) >= 11 is 6.28. The molecule has 4 heterocycles. The summed E-state index contributed by atoms with van der Waals surface area (Å²) in [7, 11) is 0. The quantitative estimate of drug-likeness (QED) is 0.187. The van der Waals surface area contributed by atoms with E-state index in [1.54, 1.807) is 29.4 Å². The Morgan fingerprint density at radius 3 is 2.33 bits per heavy atom. The fourth-order valence-electron chi connectivity index (χ4n) is 7.88. The molecule has 2 aliphatic heterocycles. The monoisotopic (exact) mass is 768 g/mol. The molecule has 290 valence electrons. The first-order valence-electron chi connectivity index (χ1n) is 18.9. The van der Waals surface area contributed by atoms with Gasteiger partial charge in [-0.2, -0.15) is 0 Å². The van der Waals surface area contributed by atoms with E-state index >= 15 is 0 Å². The van der Waals surface area contributed by atoms with Gasteiger partial charge in [-0.3, -0.25) is 9.69 Å². The summed E-state index contributed by atoms with van der Waals surface area (Å²) in [5.41, 5.74) is 4.24. The number of H-pyrrole nitrogens is 1. The van der Waals surface area contributed by atoms with E-state index in [1.165, 1.54) is 11.1 Å². The Bertz CT molecular complexity index is 2090. The summed E-state index contributed by atoms with van der Waals surface area (Å²) in [6.45, 7) is 13.3. The number of carboxylic acid groups (broad SMARTS) is 1. The Morgan fingerprint density at radius 2 is 1.64 bits per heavy atom. The number of hydrogen-bond donors (Lipinski definition) is 2. The maximum Gasteiger partial charge on any atom is 0.410 e. The van der Waals surface area contributed by atoms with Crippen LogP contribution in [0.15, 0.2) is 72.6 Å². The predicted octanol–water partition coefficient (Wildman–Crippen LogP) is 7.55. The highest BCUT2D eigenvalue weighted by molar-refractivity contribution is 6.30. The number of benzene rings is 2. The van der Waals surface area contributed by atoms with Crippen LogP contribution < -0.4 is 9.64 Å². The predicted molar refractivity (Wildman–Crippen MR) is 213 cm³/mol. The number of aromatic nitrogens is 2. The van der Waals surface area contributed by atoms with E-state index in [4.69, 9.17) is 21.1 Å². The van der Waals surface area contributed by atoms with Crippen molar-refractivity contribution in [2.45, 2.75) is 52.6 Å². The van der Waals surface area contributed by atoms with E-state index in [0.29, 0.717) is 43.4 Å². The number of pyridine rings is 1. The summed E-state index contributed by atoms with van der Waals surface area (Å²) in [6, 6.07) is 16.9. The summed E-state index contributed by atoms with van der Waals surface area (Å²) < 4.78 is 11.7. The molecule has 13 heteroatoms. The number of fused-ring (bicyclic) bond motifs is 1. The average Bonchev–Trinajstić information content (AvgIpc) is 3.63. The molecule has 2 amide bonds. The van der Waals surface area contributed by atoms with E-state index in [1.807, 2.05) is 56.0 Å². The zero-order chi connectivity index (χ0) is 38.9. The Kier molecular flexibility index (Phi) is 10.8. The minimum atomic E-state index is -1.06. The molecule has 0 spiro atoms. The first kappa shape index (κ1) is 38.2. The van der Waals surface area contributed by atoms with Gasteiger partial charge in [0.15, 0.2) is 0 Å². The topological polar surface area (TPSA) is 132 Å². The van der Waals surface area contributed by atoms with E-state index in [2.05, 4.69) is 38.8 Å². The number of carboxylic acids is 1. The third-order valence-electron chi connectivity index (χ3n) is 10.8. The molecule has 12 nitrogen and oxygen atoms in total. The fraction of sp³-hybridized carbons (Fsp3) is 0.429. The van der Waals surface area contributed by atoms with Crippen molar-refractivity contribution >= 4 is 51.9 Å². The van der Waals surface area contributed by atoms with Crippen LogP contribution in [-0.4, -0.2) is 112 Å². The second kappa shape index (κ2) is 15.6. The van der Waals surface area contributed by atoms with E-state index in [-0.39, 0.29) is 23.3 Å². The lowest BCUT2D eigenvalue weighted by Gasteiger charge is -2.43. The smallest absolute Gasteiger partial charge is 0.410 e. The third kappa shape index (κ3) is 8.76. The molecule has 1 aliphatic carbocycles. The minimum Gasteiger partial charge on any atom is -0.478 e. The van der Waals surface area contributed by atoms with Crippen LogP contribution in [0.2, 0.25) is 5.02 Å². The van der Waals surface area contributed by atoms with Crippen molar-refractivity contribution in [2.24, 2.45) is 5.41 Å². The third-order valence-corrected chi connectivity index (χ3v) is 11.1.